The van der Waals surface area contributed by atoms with E-state index in [0.29, 0.717) is 5.56 Å². The van der Waals surface area contributed by atoms with E-state index >= 15 is 0 Å². The van der Waals surface area contributed by atoms with Crippen LogP contribution in [0.5, 0.6) is 11.5 Å². The predicted octanol–water partition coefficient (Wildman–Crippen LogP) is 11.2. The highest BCUT2D eigenvalue weighted by atomic mass is 35.5. The number of aryl methyl sites for hydroxylation is 2. The van der Waals surface area contributed by atoms with Crippen molar-refractivity contribution in [2.24, 2.45) is 0 Å². The Hall–Kier alpha value is -4.11. The Balaban J connectivity index is 1.48. The van der Waals surface area contributed by atoms with Crippen molar-refractivity contribution in [3.05, 3.63) is 117 Å². The van der Waals surface area contributed by atoms with Gasteiger partial charge < -0.3 is 9.47 Å². The third kappa shape index (κ3) is 9.69. The number of unbranched alkanes of at least 4 members (excludes halogenated alkanes) is 6. The second-order valence-electron chi connectivity index (χ2n) is 11.4. The Morgan fingerprint density at radius 3 is 1.80 bits per heavy atom. The molecule has 5 nitrogen and oxygen atoms in total. The van der Waals surface area contributed by atoms with Gasteiger partial charge in [0.1, 0.15) is 17.6 Å². The predicted molar refractivity (Wildman–Crippen MR) is 185 cm³/mol. The number of hydrogen-bond acceptors (Lipinski definition) is 5. The van der Waals surface area contributed by atoms with Crippen LogP contribution in [-0.2, 0) is 12.8 Å². The van der Waals surface area contributed by atoms with Gasteiger partial charge in [0.05, 0.1) is 26.7 Å². The highest BCUT2D eigenvalue weighted by Crippen LogP contribution is 2.29. The first kappa shape index (κ1) is 34.8. The van der Waals surface area contributed by atoms with Crippen molar-refractivity contribution in [2.75, 3.05) is 0 Å². The van der Waals surface area contributed by atoms with Crippen molar-refractivity contribution in [1.82, 2.24) is 0 Å². The zero-order valence-corrected chi connectivity index (χ0v) is 27.9. The molecule has 0 radical (unpaired) electrons. The summed E-state index contributed by atoms with van der Waals surface area (Å²) in [5, 5.41) is 9.29. The fraction of sp³-hybridized carbons (Fsp3) is 0.308. The Morgan fingerprint density at radius 2 is 1.20 bits per heavy atom. The van der Waals surface area contributed by atoms with Gasteiger partial charge in [0, 0.05) is 12.1 Å². The van der Waals surface area contributed by atoms with Gasteiger partial charge in [0.25, 0.3) is 0 Å². The first-order valence-corrected chi connectivity index (χ1v) is 16.7. The van der Waals surface area contributed by atoms with Crippen molar-refractivity contribution in [1.29, 1.82) is 5.26 Å². The molecule has 0 aromatic heterocycles. The number of rotatable bonds is 15. The summed E-state index contributed by atoms with van der Waals surface area (Å²) in [5.74, 6) is -0.812. The summed E-state index contributed by atoms with van der Waals surface area (Å²) >= 11 is 12.5. The molecule has 7 heteroatoms. The molecule has 4 aromatic carbocycles. The molecule has 4 rings (SSSR count). The Bertz CT molecular complexity index is 1690. The molecule has 46 heavy (non-hydrogen) atoms. The Kier molecular flexibility index (Phi) is 13.3. The highest BCUT2D eigenvalue weighted by Gasteiger charge is 2.19. The largest absolute Gasteiger partial charge is 0.423 e. The Morgan fingerprint density at radius 1 is 0.630 bits per heavy atom. The van der Waals surface area contributed by atoms with Crippen LogP contribution in [-0.4, -0.2) is 11.9 Å². The first-order valence-electron chi connectivity index (χ1n) is 16.0. The molecule has 0 aliphatic carbocycles. The average molecular weight is 657 g/mol. The molecular weight excluding hydrogens is 617 g/mol. The molecule has 0 aliphatic heterocycles. The maximum atomic E-state index is 13.4. The van der Waals surface area contributed by atoms with Gasteiger partial charge in [-0.1, -0.05) is 112 Å². The van der Waals surface area contributed by atoms with Gasteiger partial charge in [-0.05, 0) is 78.3 Å². The summed E-state index contributed by atoms with van der Waals surface area (Å²) in [6, 6.07) is 25.3. The van der Waals surface area contributed by atoms with Gasteiger partial charge >= 0.3 is 11.9 Å². The molecule has 0 unspecified atom stereocenters. The van der Waals surface area contributed by atoms with E-state index in [9.17, 15) is 9.59 Å². The zero-order chi connectivity index (χ0) is 32.9. The molecule has 0 fully saturated rings. The summed E-state index contributed by atoms with van der Waals surface area (Å²) < 4.78 is 11.1. The second-order valence-corrected chi connectivity index (χ2v) is 12.2. The van der Waals surface area contributed by atoms with Gasteiger partial charge in [-0.25, -0.2) is 9.59 Å². The zero-order valence-electron chi connectivity index (χ0n) is 26.4. The fourth-order valence-electron chi connectivity index (χ4n) is 5.24. The van der Waals surface area contributed by atoms with E-state index in [0.717, 1.165) is 55.2 Å². The van der Waals surface area contributed by atoms with Crippen LogP contribution in [0.25, 0.3) is 11.1 Å². The smallest absolute Gasteiger partial charge is 0.345 e. The van der Waals surface area contributed by atoms with Crippen molar-refractivity contribution in [2.45, 2.75) is 78.1 Å². The maximum Gasteiger partial charge on any atom is 0.345 e. The minimum Gasteiger partial charge on any atom is -0.423 e. The standard InChI is InChI=1S/C39H39Cl2NO4/c1-3-5-7-9-11-27-13-15-28(16-14-27)29-18-21-34(30(23-29)12-10-8-6-4-2)38(43)45-33-20-22-35(37(41)25-33)39(44)46-32-19-17-31(26-42)36(40)24-32/h13-25H,3-12H2,1-2H3. The lowest BCUT2D eigenvalue weighted by Crippen LogP contribution is -2.13. The van der Waals surface area contributed by atoms with Crippen molar-refractivity contribution < 1.29 is 19.1 Å². The van der Waals surface area contributed by atoms with Crippen LogP contribution < -0.4 is 9.47 Å². The first-order chi connectivity index (χ1) is 22.3. The van der Waals surface area contributed by atoms with Crippen LogP contribution in [0.4, 0.5) is 0 Å². The molecule has 0 spiro atoms. The molecule has 238 valence electrons. The molecule has 0 saturated heterocycles. The number of ether oxygens (including phenoxy) is 2. The molecule has 0 amide bonds. The van der Waals surface area contributed by atoms with E-state index in [-0.39, 0.29) is 32.7 Å². The van der Waals surface area contributed by atoms with Gasteiger partial charge in [0.2, 0.25) is 0 Å². The van der Waals surface area contributed by atoms with E-state index in [1.54, 1.807) is 0 Å². The summed E-state index contributed by atoms with van der Waals surface area (Å²) in [7, 11) is 0. The minimum atomic E-state index is -0.710. The van der Waals surface area contributed by atoms with E-state index in [4.69, 9.17) is 37.9 Å². The Labute approximate surface area is 282 Å². The lowest BCUT2D eigenvalue weighted by atomic mass is 9.94. The number of nitrogens with zero attached hydrogens (tertiary/aromatic N) is 1. The minimum absolute atomic E-state index is 0.0685. The summed E-state index contributed by atoms with van der Waals surface area (Å²) in [6.07, 6.45) is 11.2. The number of carbonyl (C=O) groups excluding carboxylic acids is 2. The van der Waals surface area contributed by atoms with Crippen LogP contribution >= 0.6 is 23.2 Å². The number of nitriles is 1. The number of carbonyl (C=O) groups is 2. The number of esters is 2. The van der Waals surface area contributed by atoms with Crippen molar-refractivity contribution in [3.63, 3.8) is 0 Å². The molecule has 0 saturated carbocycles. The van der Waals surface area contributed by atoms with Crippen LogP contribution in [0, 0.1) is 11.3 Å². The average Bonchev–Trinajstić information content (AvgIpc) is 3.05. The van der Waals surface area contributed by atoms with Crippen LogP contribution in [0.2, 0.25) is 10.0 Å². The van der Waals surface area contributed by atoms with E-state index < -0.39 is 11.9 Å². The summed E-state index contributed by atoms with van der Waals surface area (Å²) in [5.41, 5.74) is 5.33. The molecule has 0 atom stereocenters. The molecular formula is C39H39Cl2NO4. The maximum absolute atomic E-state index is 13.4. The highest BCUT2D eigenvalue weighted by molar-refractivity contribution is 6.34. The van der Waals surface area contributed by atoms with Crippen LogP contribution in [0.15, 0.2) is 78.9 Å². The lowest BCUT2D eigenvalue weighted by molar-refractivity contribution is 0.0729. The lowest BCUT2D eigenvalue weighted by Gasteiger charge is -2.13. The van der Waals surface area contributed by atoms with Crippen molar-refractivity contribution >= 4 is 35.1 Å². The summed E-state index contributed by atoms with van der Waals surface area (Å²) in [6.45, 7) is 4.40. The number of hydrogen-bond donors (Lipinski definition) is 0. The third-order valence-electron chi connectivity index (χ3n) is 7.87. The molecule has 0 bridgehead atoms. The third-order valence-corrected chi connectivity index (χ3v) is 8.50. The van der Waals surface area contributed by atoms with Gasteiger partial charge in [-0.15, -0.1) is 0 Å². The quantitative estimate of drug-likeness (QED) is 0.0723. The fourth-order valence-corrected chi connectivity index (χ4v) is 5.70. The molecule has 4 aromatic rings. The van der Waals surface area contributed by atoms with Gasteiger partial charge in [-0.2, -0.15) is 5.26 Å². The monoisotopic (exact) mass is 655 g/mol. The van der Waals surface area contributed by atoms with Gasteiger partial charge in [-0.3, -0.25) is 0 Å². The normalized spacial score (nSPS) is 10.8. The van der Waals surface area contributed by atoms with E-state index in [1.807, 2.05) is 18.2 Å². The summed E-state index contributed by atoms with van der Waals surface area (Å²) in [4.78, 5) is 26.2. The number of benzene rings is 4. The molecule has 0 N–H and O–H groups in total. The second kappa shape index (κ2) is 17.5. The molecule has 0 heterocycles. The topological polar surface area (TPSA) is 76.4 Å². The molecule has 0 aliphatic rings. The van der Waals surface area contributed by atoms with E-state index in [2.05, 4.69) is 44.2 Å². The van der Waals surface area contributed by atoms with Crippen LogP contribution in [0.3, 0.4) is 0 Å². The number of halogens is 2. The van der Waals surface area contributed by atoms with E-state index in [1.165, 1.54) is 67.6 Å². The van der Waals surface area contributed by atoms with Crippen molar-refractivity contribution in [3.8, 4) is 28.7 Å². The van der Waals surface area contributed by atoms with Crippen LogP contribution in [0.1, 0.15) is 103 Å². The van der Waals surface area contributed by atoms with Gasteiger partial charge in [0.15, 0.2) is 0 Å². The SMILES string of the molecule is CCCCCCc1ccc(-c2ccc(C(=O)Oc3ccc(C(=O)Oc4ccc(C#N)c(Cl)c4)c(Cl)c3)c(CCCCCC)c2)cc1.